The lowest BCUT2D eigenvalue weighted by Gasteiger charge is -2.34. The van der Waals surface area contributed by atoms with Gasteiger partial charge in [-0.1, -0.05) is 42.5 Å². The number of carbonyl (C=O) groups is 1. The third-order valence-electron chi connectivity index (χ3n) is 4.02. The maximum Gasteiger partial charge on any atom is 0.242 e. The van der Waals surface area contributed by atoms with E-state index >= 15 is 0 Å². The Morgan fingerprint density at radius 3 is 2.71 bits per heavy atom. The molecule has 2 aromatic rings. The fourth-order valence-electron chi connectivity index (χ4n) is 2.66. The lowest BCUT2D eigenvalue weighted by molar-refractivity contribution is -0.130. The first-order valence-corrected chi connectivity index (χ1v) is 9.04. The number of aromatic nitrogens is 1. The summed E-state index contributed by atoms with van der Waals surface area (Å²) >= 11 is 1.51. The van der Waals surface area contributed by atoms with Gasteiger partial charge in [-0.15, -0.1) is 11.3 Å². The minimum absolute atomic E-state index is 0.143. The van der Waals surface area contributed by atoms with Gasteiger partial charge in [-0.2, -0.15) is 0 Å². The van der Waals surface area contributed by atoms with Crippen LogP contribution in [-0.2, 0) is 4.79 Å². The van der Waals surface area contributed by atoms with Crippen molar-refractivity contribution in [1.82, 2.24) is 14.8 Å². The van der Waals surface area contributed by atoms with Crippen molar-refractivity contribution < 1.29 is 4.79 Å². The summed E-state index contributed by atoms with van der Waals surface area (Å²) in [5.74, 6) is 0.143. The van der Waals surface area contributed by atoms with Gasteiger partial charge in [-0.25, -0.2) is 4.98 Å². The van der Waals surface area contributed by atoms with Gasteiger partial charge in [0, 0.05) is 44.3 Å². The number of amides is 1. The van der Waals surface area contributed by atoms with Gasteiger partial charge in [0.2, 0.25) is 5.91 Å². The maximum atomic E-state index is 12.2. The topological polar surface area (TPSA) is 48.5 Å². The first kappa shape index (κ1) is 16.7. The molecule has 0 spiro atoms. The Morgan fingerprint density at radius 1 is 1.21 bits per heavy atom. The van der Waals surface area contributed by atoms with E-state index in [-0.39, 0.29) is 5.91 Å². The van der Waals surface area contributed by atoms with Crippen molar-refractivity contribution in [3.8, 4) is 0 Å². The fraction of sp³-hybridized carbons (Fsp3) is 0.333. The molecule has 24 heavy (non-hydrogen) atoms. The maximum absolute atomic E-state index is 12.2. The number of piperazine rings is 1. The van der Waals surface area contributed by atoms with Crippen LogP contribution in [0.3, 0.4) is 0 Å². The zero-order valence-electron chi connectivity index (χ0n) is 13.6. The van der Waals surface area contributed by atoms with Crippen molar-refractivity contribution in [3.63, 3.8) is 0 Å². The SMILES string of the molecule is O=C(CNc1nccs1)N1CCN(C/C=C/c2ccccc2)CC1. The third-order valence-corrected chi connectivity index (χ3v) is 4.75. The van der Waals surface area contributed by atoms with Crippen molar-refractivity contribution in [2.45, 2.75) is 0 Å². The lowest BCUT2D eigenvalue weighted by Crippen LogP contribution is -2.50. The molecule has 0 radical (unpaired) electrons. The van der Waals surface area contributed by atoms with E-state index in [0.717, 1.165) is 37.9 Å². The monoisotopic (exact) mass is 342 g/mol. The summed E-state index contributed by atoms with van der Waals surface area (Å²) in [6, 6.07) is 10.3. The standard InChI is InChI=1S/C18H22N4OS/c23-17(15-20-18-19-8-14-24-18)22-12-10-21(11-13-22)9-4-7-16-5-2-1-3-6-16/h1-8,14H,9-13,15H2,(H,19,20)/b7-4+. The van der Waals surface area contributed by atoms with Crippen LogP contribution < -0.4 is 5.32 Å². The molecule has 0 atom stereocenters. The van der Waals surface area contributed by atoms with Crippen molar-refractivity contribution in [2.75, 3.05) is 44.6 Å². The van der Waals surface area contributed by atoms with E-state index in [4.69, 9.17) is 0 Å². The van der Waals surface area contributed by atoms with Gasteiger partial charge in [0.1, 0.15) is 0 Å². The number of benzene rings is 1. The second-order valence-electron chi connectivity index (χ2n) is 5.69. The molecule has 1 aromatic carbocycles. The predicted octanol–water partition coefficient (Wildman–Crippen LogP) is 2.41. The molecule has 1 aliphatic rings. The summed E-state index contributed by atoms with van der Waals surface area (Å²) in [5.41, 5.74) is 1.22. The largest absolute Gasteiger partial charge is 0.352 e. The minimum atomic E-state index is 0.143. The highest BCUT2D eigenvalue weighted by molar-refractivity contribution is 7.13. The summed E-state index contributed by atoms with van der Waals surface area (Å²) < 4.78 is 0. The molecule has 0 unspecified atom stereocenters. The highest BCUT2D eigenvalue weighted by atomic mass is 32.1. The molecular formula is C18H22N4OS. The zero-order valence-corrected chi connectivity index (χ0v) is 14.4. The van der Waals surface area contributed by atoms with E-state index in [1.54, 1.807) is 6.20 Å². The number of nitrogens with one attached hydrogen (secondary N) is 1. The van der Waals surface area contributed by atoms with Crippen LogP contribution in [0.25, 0.3) is 6.08 Å². The van der Waals surface area contributed by atoms with Gasteiger partial charge in [-0.3, -0.25) is 9.69 Å². The van der Waals surface area contributed by atoms with Crippen molar-refractivity contribution >= 4 is 28.5 Å². The molecule has 1 aliphatic heterocycles. The molecule has 0 saturated carbocycles. The molecule has 1 aromatic heterocycles. The first-order valence-electron chi connectivity index (χ1n) is 8.16. The number of rotatable bonds is 6. The highest BCUT2D eigenvalue weighted by Crippen LogP contribution is 2.10. The summed E-state index contributed by atoms with van der Waals surface area (Å²) in [4.78, 5) is 20.6. The Balaban J connectivity index is 1.37. The molecule has 1 fully saturated rings. The van der Waals surface area contributed by atoms with Crippen LogP contribution in [0.15, 0.2) is 48.0 Å². The summed E-state index contributed by atoms with van der Waals surface area (Å²) in [7, 11) is 0. The second kappa shape index (κ2) is 8.61. The molecule has 0 aliphatic carbocycles. The molecule has 1 saturated heterocycles. The summed E-state index contributed by atoms with van der Waals surface area (Å²) in [5, 5.41) is 5.77. The summed E-state index contributed by atoms with van der Waals surface area (Å²) in [6.45, 7) is 4.66. The van der Waals surface area contributed by atoms with Crippen molar-refractivity contribution in [1.29, 1.82) is 0 Å². The van der Waals surface area contributed by atoms with Crippen molar-refractivity contribution in [3.05, 3.63) is 53.5 Å². The van der Waals surface area contributed by atoms with E-state index in [0.29, 0.717) is 6.54 Å². The number of carbonyl (C=O) groups excluding carboxylic acids is 1. The van der Waals surface area contributed by atoms with Gasteiger partial charge < -0.3 is 10.2 Å². The van der Waals surface area contributed by atoms with Crippen LogP contribution in [0.1, 0.15) is 5.56 Å². The van der Waals surface area contributed by atoms with Crippen molar-refractivity contribution in [2.24, 2.45) is 0 Å². The van der Waals surface area contributed by atoms with Crippen LogP contribution in [0.4, 0.5) is 5.13 Å². The minimum Gasteiger partial charge on any atom is -0.352 e. The van der Waals surface area contributed by atoms with Crippen LogP contribution in [-0.4, -0.2) is 60.0 Å². The van der Waals surface area contributed by atoms with Gasteiger partial charge in [0.15, 0.2) is 5.13 Å². The normalized spacial score (nSPS) is 15.8. The van der Waals surface area contributed by atoms with Gasteiger partial charge in [-0.05, 0) is 5.56 Å². The van der Waals surface area contributed by atoms with Crippen LogP contribution >= 0.6 is 11.3 Å². The predicted molar refractivity (Wildman–Crippen MR) is 99.1 cm³/mol. The molecule has 3 rings (SSSR count). The van der Waals surface area contributed by atoms with E-state index in [1.165, 1.54) is 16.9 Å². The molecular weight excluding hydrogens is 320 g/mol. The van der Waals surface area contributed by atoms with Gasteiger partial charge in [0.05, 0.1) is 6.54 Å². The van der Waals surface area contributed by atoms with E-state index < -0.39 is 0 Å². The molecule has 1 N–H and O–H groups in total. The average molecular weight is 342 g/mol. The third kappa shape index (κ3) is 4.91. The molecule has 2 heterocycles. The lowest BCUT2D eigenvalue weighted by atomic mass is 10.2. The van der Waals surface area contributed by atoms with E-state index in [1.807, 2.05) is 28.5 Å². The van der Waals surface area contributed by atoms with Crippen LogP contribution in [0.2, 0.25) is 0 Å². The number of hydrogen-bond acceptors (Lipinski definition) is 5. The number of nitrogens with zero attached hydrogens (tertiary/aromatic N) is 3. The number of thiazole rings is 1. The fourth-order valence-corrected chi connectivity index (χ4v) is 3.18. The van der Waals surface area contributed by atoms with Crippen LogP contribution in [0.5, 0.6) is 0 Å². The Hall–Kier alpha value is -2.18. The Kier molecular flexibility index (Phi) is 5.98. The second-order valence-corrected chi connectivity index (χ2v) is 6.58. The summed E-state index contributed by atoms with van der Waals surface area (Å²) in [6.07, 6.45) is 6.07. The highest BCUT2D eigenvalue weighted by Gasteiger charge is 2.20. The molecule has 0 bridgehead atoms. The Labute approximate surface area is 146 Å². The number of anilines is 1. The zero-order chi connectivity index (χ0) is 16.6. The Bertz CT molecular complexity index is 649. The van der Waals surface area contributed by atoms with Crippen LogP contribution in [0, 0.1) is 0 Å². The quantitative estimate of drug-likeness (QED) is 0.876. The molecule has 126 valence electrons. The number of hydrogen-bond donors (Lipinski definition) is 1. The van der Waals surface area contributed by atoms with Gasteiger partial charge in [0.25, 0.3) is 0 Å². The van der Waals surface area contributed by atoms with E-state index in [9.17, 15) is 4.79 Å². The molecule has 1 amide bonds. The molecule has 5 nitrogen and oxygen atoms in total. The molecule has 6 heteroatoms. The van der Waals surface area contributed by atoms with E-state index in [2.05, 4.69) is 39.5 Å². The first-order chi connectivity index (χ1) is 11.8. The average Bonchev–Trinajstić information content (AvgIpc) is 3.15. The smallest absolute Gasteiger partial charge is 0.242 e. The Morgan fingerprint density at radius 2 is 2.00 bits per heavy atom. The van der Waals surface area contributed by atoms with Gasteiger partial charge >= 0.3 is 0 Å².